The van der Waals surface area contributed by atoms with Crippen LogP contribution in [0.1, 0.15) is 34.8 Å². The van der Waals surface area contributed by atoms with E-state index in [1.165, 1.54) is 0 Å². The lowest BCUT2D eigenvalue weighted by Crippen LogP contribution is -2.43. The maximum Gasteiger partial charge on any atom is 0.251 e. The van der Waals surface area contributed by atoms with Gasteiger partial charge in [-0.3, -0.25) is 9.69 Å². The zero-order valence-corrected chi connectivity index (χ0v) is 18.6. The normalized spacial score (nSPS) is 20.0. The van der Waals surface area contributed by atoms with E-state index in [9.17, 15) is 4.79 Å². The van der Waals surface area contributed by atoms with Gasteiger partial charge in [-0.2, -0.15) is 0 Å². The molecule has 1 amide bonds. The van der Waals surface area contributed by atoms with Crippen molar-refractivity contribution < 1.29 is 23.7 Å². The van der Waals surface area contributed by atoms with Crippen LogP contribution < -0.4 is 14.8 Å². The zero-order valence-electron chi connectivity index (χ0n) is 18.6. The van der Waals surface area contributed by atoms with Crippen LogP contribution in [0.25, 0.3) is 0 Å². The Hall–Kier alpha value is -2.61. The summed E-state index contributed by atoms with van der Waals surface area (Å²) in [5.74, 6) is 1.48. The van der Waals surface area contributed by atoms with E-state index in [-0.39, 0.29) is 18.1 Å². The monoisotopic (exact) mass is 440 g/mol. The second-order valence-corrected chi connectivity index (χ2v) is 8.12. The van der Waals surface area contributed by atoms with Crippen LogP contribution in [-0.4, -0.2) is 70.1 Å². The van der Waals surface area contributed by atoms with Gasteiger partial charge < -0.3 is 24.3 Å². The molecule has 4 rings (SSSR count). The molecule has 172 valence electrons. The van der Waals surface area contributed by atoms with E-state index in [1.807, 2.05) is 24.3 Å². The summed E-state index contributed by atoms with van der Waals surface area (Å²) in [5.41, 5.74) is 1.76. The summed E-state index contributed by atoms with van der Waals surface area (Å²) in [5, 5.41) is 3.11. The minimum absolute atomic E-state index is 0.0720. The van der Waals surface area contributed by atoms with Crippen molar-refractivity contribution in [3.05, 3.63) is 59.7 Å². The van der Waals surface area contributed by atoms with Crippen molar-refractivity contribution in [1.82, 2.24) is 10.2 Å². The van der Waals surface area contributed by atoms with Gasteiger partial charge in [0.1, 0.15) is 18.1 Å². The van der Waals surface area contributed by atoms with Crippen molar-refractivity contribution >= 4 is 5.91 Å². The molecule has 0 aromatic heterocycles. The van der Waals surface area contributed by atoms with E-state index in [4.69, 9.17) is 18.9 Å². The fraction of sp³-hybridized carbons (Fsp3) is 0.480. The number of nitrogens with zero attached hydrogens (tertiary/aromatic N) is 1. The highest BCUT2D eigenvalue weighted by Crippen LogP contribution is 2.24. The summed E-state index contributed by atoms with van der Waals surface area (Å²) in [4.78, 5) is 15.2. The Balaban J connectivity index is 1.35. The Kier molecular flexibility index (Phi) is 7.98. The fourth-order valence-corrected chi connectivity index (χ4v) is 4.13. The molecule has 32 heavy (non-hydrogen) atoms. The molecule has 0 spiro atoms. The smallest absolute Gasteiger partial charge is 0.251 e. The van der Waals surface area contributed by atoms with Crippen molar-refractivity contribution in [2.24, 2.45) is 0 Å². The molecule has 0 bridgehead atoms. The highest BCUT2D eigenvalue weighted by Gasteiger charge is 2.23. The van der Waals surface area contributed by atoms with Crippen molar-refractivity contribution in [2.75, 3.05) is 53.2 Å². The summed E-state index contributed by atoms with van der Waals surface area (Å²) in [6, 6.07) is 15.4. The van der Waals surface area contributed by atoms with Crippen LogP contribution in [0.2, 0.25) is 0 Å². The third-order valence-corrected chi connectivity index (χ3v) is 6.02. The largest absolute Gasteiger partial charge is 0.497 e. The summed E-state index contributed by atoms with van der Waals surface area (Å²) < 4.78 is 22.2. The number of ether oxygens (including phenoxy) is 4. The molecule has 2 aromatic carbocycles. The first-order valence-electron chi connectivity index (χ1n) is 11.3. The van der Waals surface area contributed by atoms with Gasteiger partial charge in [0.05, 0.1) is 32.5 Å². The van der Waals surface area contributed by atoms with Crippen LogP contribution >= 0.6 is 0 Å². The quantitative estimate of drug-likeness (QED) is 0.646. The van der Waals surface area contributed by atoms with Crippen LogP contribution in [0.3, 0.4) is 0 Å². The molecule has 1 N–H and O–H groups in total. The Morgan fingerprint density at radius 1 is 1.06 bits per heavy atom. The van der Waals surface area contributed by atoms with Gasteiger partial charge in [0.2, 0.25) is 0 Å². The van der Waals surface area contributed by atoms with E-state index in [0.717, 1.165) is 49.6 Å². The highest BCUT2D eigenvalue weighted by atomic mass is 16.5. The van der Waals surface area contributed by atoms with E-state index < -0.39 is 0 Å². The summed E-state index contributed by atoms with van der Waals surface area (Å²) in [7, 11) is 1.66. The lowest BCUT2D eigenvalue weighted by molar-refractivity contribution is 0.0162. The van der Waals surface area contributed by atoms with Gasteiger partial charge in [-0.1, -0.05) is 12.1 Å². The molecule has 7 nitrogen and oxygen atoms in total. The second-order valence-electron chi connectivity index (χ2n) is 8.12. The van der Waals surface area contributed by atoms with Gasteiger partial charge >= 0.3 is 0 Å². The summed E-state index contributed by atoms with van der Waals surface area (Å²) in [6.07, 6.45) is 2.31. The van der Waals surface area contributed by atoms with Gasteiger partial charge in [-0.25, -0.2) is 0 Å². The second kappa shape index (κ2) is 11.3. The first kappa shape index (κ1) is 22.6. The predicted molar refractivity (Wildman–Crippen MR) is 121 cm³/mol. The SMILES string of the molecule is COc1ccc([C@H](CNC(=O)c2ccc(OC[C@H]3CCCO3)cc2)N2CCOCC2)cc1. The number of rotatable bonds is 9. The lowest BCUT2D eigenvalue weighted by Gasteiger charge is -2.35. The molecule has 0 unspecified atom stereocenters. The molecule has 2 aliphatic rings. The lowest BCUT2D eigenvalue weighted by atomic mass is 10.0. The number of morpholine rings is 1. The van der Waals surface area contributed by atoms with Gasteiger partial charge in [-0.05, 0) is 54.8 Å². The first-order valence-corrected chi connectivity index (χ1v) is 11.3. The van der Waals surface area contributed by atoms with Crippen molar-refractivity contribution in [3.63, 3.8) is 0 Å². The molecule has 2 aliphatic heterocycles. The molecule has 2 fully saturated rings. The number of hydrogen-bond acceptors (Lipinski definition) is 6. The summed E-state index contributed by atoms with van der Waals surface area (Å²) in [6.45, 7) is 4.96. The Morgan fingerprint density at radius 2 is 1.78 bits per heavy atom. The Bertz CT molecular complexity index is 844. The topological polar surface area (TPSA) is 69.3 Å². The molecule has 0 saturated carbocycles. The van der Waals surface area contributed by atoms with Gasteiger partial charge in [0, 0.05) is 31.8 Å². The predicted octanol–water partition coefficient (Wildman–Crippen LogP) is 3.06. The van der Waals surface area contributed by atoms with Gasteiger partial charge in [-0.15, -0.1) is 0 Å². The average Bonchev–Trinajstić information content (AvgIpc) is 3.38. The Morgan fingerprint density at radius 3 is 2.44 bits per heavy atom. The Labute approximate surface area is 189 Å². The molecule has 2 saturated heterocycles. The minimum atomic E-state index is -0.0950. The van der Waals surface area contributed by atoms with Crippen molar-refractivity contribution in [3.8, 4) is 11.5 Å². The molecular weight excluding hydrogens is 408 g/mol. The maximum absolute atomic E-state index is 12.8. The van der Waals surface area contributed by atoms with E-state index in [1.54, 1.807) is 19.2 Å². The minimum Gasteiger partial charge on any atom is -0.497 e. The molecule has 2 atom stereocenters. The number of carbonyl (C=O) groups is 1. The third-order valence-electron chi connectivity index (χ3n) is 6.02. The highest BCUT2D eigenvalue weighted by molar-refractivity contribution is 5.94. The van der Waals surface area contributed by atoms with Crippen LogP contribution in [0.5, 0.6) is 11.5 Å². The van der Waals surface area contributed by atoms with Gasteiger partial charge in [0.25, 0.3) is 5.91 Å². The average molecular weight is 441 g/mol. The van der Waals surface area contributed by atoms with Crippen LogP contribution in [0.15, 0.2) is 48.5 Å². The molecule has 7 heteroatoms. The van der Waals surface area contributed by atoms with Crippen molar-refractivity contribution in [2.45, 2.75) is 25.0 Å². The molecule has 2 heterocycles. The van der Waals surface area contributed by atoms with Crippen LogP contribution in [-0.2, 0) is 9.47 Å². The van der Waals surface area contributed by atoms with E-state index in [2.05, 4.69) is 22.3 Å². The number of benzene rings is 2. The van der Waals surface area contributed by atoms with Crippen LogP contribution in [0.4, 0.5) is 0 Å². The first-order chi connectivity index (χ1) is 15.7. The zero-order chi connectivity index (χ0) is 22.2. The van der Waals surface area contributed by atoms with E-state index in [0.29, 0.717) is 31.9 Å². The van der Waals surface area contributed by atoms with Crippen LogP contribution in [0, 0.1) is 0 Å². The third kappa shape index (κ3) is 6.00. The molecule has 0 aliphatic carbocycles. The number of nitrogens with one attached hydrogen (secondary N) is 1. The number of methoxy groups -OCH3 is 1. The van der Waals surface area contributed by atoms with Gasteiger partial charge in [0.15, 0.2) is 0 Å². The standard InChI is InChI=1S/C25H32N2O5/c1-29-21-8-4-19(5-9-21)24(27-12-15-30-16-13-27)17-26-25(28)20-6-10-22(11-7-20)32-18-23-3-2-14-31-23/h4-11,23-24H,2-3,12-18H2,1H3,(H,26,28)/t23-,24+/m1/s1. The van der Waals surface area contributed by atoms with E-state index >= 15 is 0 Å². The molecular formula is C25H32N2O5. The fourth-order valence-electron chi connectivity index (χ4n) is 4.13. The molecule has 0 radical (unpaired) electrons. The number of hydrogen-bond donors (Lipinski definition) is 1. The number of carbonyl (C=O) groups excluding carboxylic acids is 1. The maximum atomic E-state index is 12.8. The van der Waals surface area contributed by atoms with Crippen molar-refractivity contribution in [1.29, 1.82) is 0 Å². The molecule has 2 aromatic rings. The number of amides is 1. The summed E-state index contributed by atoms with van der Waals surface area (Å²) >= 11 is 0.